The third-order valence-electron chi connectivity index (χ3n) is 4.68. The fourth-order valence-electron chi connectivity index (χ4n) is 3.10. The molecule has 0 unspecified atom stereocenters. The molecule has 1 atom stereocenters. The first-order valence-corrected chi connectivity index (χ1v) is 11.0. The molecule has 2 amide bonds. The zero-order valence-electron chi connectivity index (χ0n) is 17.0. The van der Waals surface area contributed by atoms with Gasteiger partial charge in [-0.3, -0.25) is 9.59 Å². The molecule has 150 valence electrons. The molecule has 0 heterocycles. The first-order chi connectivity index (χ1) is 13.6. The van der Waals surface area contributed by atoms with Gasteiger partial charge in [-0.15, -0.1) is 11.8 Å². The Labute approximate surface area is 172 Å². The van der Waals surface area contributed by atoms with Crippen molar-refractivity contribution in [3.05, 3.63) is 71.3 Å². The van der Waals surface area contributed by atoms with Crippen molar-refractivity contribution < 1.29 is 9.59 Å². The van der Waals surface area contributed by atoms with E-state index in [-0.39, 0.29) is 11.8 Å². The van der Waals surface area contributed by atoms with E-state index in [2.05, 4.69) is 17.4 Å². The molecular formula is C23H30N2O2S. The van der Waals surface area contributed by atoms with Gasteiger partial charge in [0.05, 0.1) is 5.75 Å². The maximum absolute atomic E-state index is 13.1. The van der Waals surface area contributed by atoms with Gasteiger partial charge in [0, 0.05) is 18.8 Å². The van der Waals surface area contributed by atoms with E-state index in [1.807, 2.05) is 63.2 Å². The molecule has 0 aromatic heterocycles. The molecule has 5 heteroatoms. The minimum atomic E-state index is -0.454. The van der Waals surface area contributed by atoms with Crippen molar-refractivity contribution in [1.82, 2.24) is 10.2 Å². The molecule has 0 saturated carbocycles. The van der Waals surface area contributed by atoms with Crippen LogP contribution in [0.25, 0.3) is 0 Å². The highest BCUT2D eigenvalue weighted by molar-refractivity contribution is 7.99. The Balaban J connectivity index is 2.12. The standard InChI is InChI=1S/C23H30N2O2S/c1-4-21(23(27)24-5-2)25(15-20-14-10-9-11-18(20)3)22(26)17-28-16-19-12-7-6-8-13-19/h6-14,21H,4-5,15-17H2,1-3H3,(H,24,27)/t21-/m1/s1. The monoisotopic (exact) mass is 398 g/mol. The number of nitrogens with zero attached hydrogens (tertiary/aromatic N) is 1. The number of carbonyl (C=O) groups excluding carboxylic acids is 2. The molecule has 0 fully saturated rings. The molecular weight excluding hydrogens is 368 g/mol. The van der Waals surface area contributed by atoms with Gasteiger partial charge in [-0.2, -0.15) is 0 Å². The molecule has 1 N–H and O–H groups in total. The van der Waals surface area contributed by atoms with Crippen LogP contribution in [0.3, 0.4) is 0 Å². The van der Waals surface area contributed by atoms with Crippen molar-refractivity contribution >= 4 is 23.6 Å². The topological polar surface area (TPSA) is 49.4 Å². The van der Waals surface area contributed by atoms with E-state index in [1.54, 1.807) is 16.7 Å². The maximum atomic E-state index is 13.1. The molecule has 0 spiro atoms. The Bertz CT molecular complexity index is 764. The van der Waals surface area contributed by atoms with Crippen LogP contribution in [0.2, 0.25) is 0 Å². The Hall–Kier alpha value is -2.27. The lowest BCUT2D eigenvalue weighted by atomic mass is 10.1. The first-order valence-electron chi connectivity index (χ1n) is 9.80. The molecule has 2 aromatic carbocycles. The summed E-state index contributed by atoms with van der Waals surface area (Å²) in [5.74, 6) is 1.06. The third kappa shape index (κ3) is 6.41. The van der Waals surface area contributed by atoms with E-state index in [1.165, 1.54) is 5.56 Å². The van der Waals surface area contributed by atoms with Gasteiger partial charge < -0.3 is 10.2 Å². The first kappa shape index (κ1) is 22.0. The number of benzene rings is 2. The minimum Gasteiger partial charge on any atom is -0.355 e. The van der Waals surface area contributed by atoms with Crippen molar-refractivity contribution in [2.45, 2.75) is 45.5 Å². The number of nitrogens with one attached hydrogen (secondary N) is 1. The molecule has 0 aliphatic rings. The van der Waals surface area contributed by atoms with E-state index in [0.717, 1.165) is 16.9 Å². The third-order valence-corrected chi connectivity index (χ3v) is 5.66. The SMILES string of the molecule is CCNC(=O)[C@@H](CC)N(Cc1ccccc1C)C(=O)CSCc1ccccc1. The molecule has 0 bridgehead atoms. The zero-order chi connectivity index (χ0) is 20.4. The highest BCUT2D eigenvalue weighted by atomic mass is 32.2. The number of hydrogen-bond donors (Lipinski definition) is 1. The fraction of sp³-hybridized carbons (Fsp3) is 0.391. The second-order valence-electron chi connectivity index (χ2n) is 6.75. The van der Waals surface area contributed by atoms with Gasteiger partial charge in [0.15, 0.2) is 0 Å². The summed E-state index contributed by atoms with van der Waals surface area (Å²) < 4.78 is 0. The summed E-state index contributed by atoms with van der Waals surface area (Å²) in [5.41, 5.74) is 3.40. The summed E-state index contributed by atoms with van der Waals surface area (Å²) in [6.07, 6.45) is 0.590. The molecule has 4 nitrogen and oxygen atoms in total. The summed E-state index contributed by atoms with van der Waals surface area (Å²) in [7, 11) is 0. The highest BCUT2D eigenvalue weighted by Gasteiger charge is 2.28. The maximum Gasteiger partial charge on any atom is 0.242 e. The van der Waals surface area contributed by atoms with Gasteiger partial charge in [0.25, 0.3) is 0 Å². The van der Waals surface area contributed by atoms with Gasteiger partial charge in [-0.05, 0) is 37.0 Å². The van der Waals surface area contributed by atoms with Crippen molar-refractivity contribution in [3.8, 4) is 0 Å². The highest BCUT2D eigenvalue weighted by Crippen LogP contribution is 2.18. The van der Waals surface area contributed by atoms with Gasteiger partial charge in [-0.25, -0.2) is 0 Å². The molecule has 2 aromatic rings. The lowest BCUT2D eigenvalue weighted by molar-refractivity contribution is -0.139. The Morgan fingerprint density at radius 3 is 2.36 bits per heavy atom. The summed E-state index contributed by atoms with van der Waals surface area (Å²) in [6, 6.07) is 17.7. The number of hydrogen-bond acceptors (Lipinski definition) is 3. The van der Waals surface area contributed by atoms with Crippen LogP contribution in [0.15, 0.2) is 54.6 Å². The van der Waals surface area contributed by atoms with Crippen LogP contribution in [0, 0.1) is 6.92 Å². The minimum absolute atomic E-state index is 0.00212. The van der Waals surface area contributed by atoms with Crippen LogP contribution in [-0.2, 0) is 21.9 Å². The lowest BCUT2D eigenvalue weighted by Gasteiger charge is -2.31. The van der Waals surface area contributed by atoms with Gasteiger partial charge >= 0.3 is 0 Å². The number of carbonyl (C=O) groups is 2. The predicted octanol–water partition coefficient (Wildman–Crippen LogP) is 4.17. The molecule has 2 rings (SSSR count). The van der Waals surface area contributed by atoms with Crippen molar-refractivity contribution in [2.75, 3.05) is 12.3 Å². The second-order valence-corrected chi connectivity index (χ2v) is 7.73. The van der Waals surface area contributed by atoms with Crippen LogP contribution in [0.4, 0.5) is 0 Å². The molecule has 28 heavy (non-hydrogen) atoms. The number of rotatable bonds is 10. The van der Waals surface area contributed by atoms with E-state index in [4.69, 9.17) is 0 Å². The van der Waals surface area contributed by atoms with Crippen LogP contribution < -0.4 is 5.32 Å². The molecule has 0 saturated heterocycles. The smallest absolute Gasteiger partial charge is 0.242 e. The Kier molecular flexibility index (Phi) is 9.08. The number of thioether (sulfide) groups is 1. The largest absolute Gasteiger partial charge is 0.355 e. The van der Waals surface area contributed by atoms with Crippen molar-refractivity contribution in [3.63, 3.8) is 0 Å². The van der Waals surface area contributed by atoms with Crippen molar-refractivity contribution in [2.24, 2.45) is 0 Å². The van der Waals surface area contributed by atoms with Crippen LogP contribution in [0.5, 0.6) is 0 Å². The van der Waals surface area contributed by atoms with Crippen LogP contribution >= 0.6 is 11.8 Å². The predicted molar refractivity (Wildman–Crippen MR) is 117 cm³/mol. The van der Waals surface area contributed by atoms with E-state index < -0.39 is 6.04 Å². The summed E-state index contributed by atoms with van der Waals surface area (Å²) >= 11 is 1.59. The van der Waals surface area contributed by atoms with Gasteiger partial charge in [0.1, 0.15) is 6.04 Å². The Morgan fingerprint density at radius 2 is 1.71 bits per heavy atom. The average Bonchev–Trinajstić information content (AvgIpc) is 2.70. The summed E-state index contributed by atoms with van der Waals surface area (Å²) in [5, 5.41) is 2.87. The fourth-order valence-corrected chi connectivity index (χ4v) is 3.97. The average molecular weight is 399 g/mol. The van der Waals surface area contributed by atoms with E-state index in [9.17, 15) is 9.59 Å². The van der Waals surface area contributed by atoms with E-state index >= 15 is 0 Å². The van der Waals surface area contributed by atoms with E-state index in [0.29, 0.717) is 25.3 Å². The Morgan fingerprint density at radius 1 is 1.04 bits per heavy atom. The quantitative estimate of drug-likeness (QED) is 0.653. The van der Waals surface area contributed by atoms with Gasteiger partial charge in [0.2, 0.25) is 11.8 Å². The molecule has 0 aliphatic heterocycles. The lowest BCUT2D eigenvalue weighted by Crippen LogP contribution is -2.49. The van der Waals surface area contributed by atoms with Crippen LogP contribution in [0.1, 0.15) is 37.0 Å². The molecule has 0 aliphatic carbocycles. The molecule has 0 radical (unpaired) electrons. The zero-order valence-corrected chi connectivity index (χ0v) is 17.8. The van der Waals surface area contributed by atoms with Crippen LogP contribution in [-0.4, -0.2) is 35.1 Å². The summed E-state index contributed by atoms with van der Waals surface area (Å²) in [6.45, 7) is 6.90. The number of amides is 2. The second kappa shape index (κ2) is 11.5. The van der Waals surface area contributed by atoms with Gasteiger partial charge in [-0.1, -0.05) is 61.5 Å². The number of likely N-dealkylation sites (N-methyl/N-ethyl adjacent to an activating group) is 1. The van der Waals surface area contributed by atoms with Crippen molar-refractivity contribution in [1.29, 1.82) is 0 Å². The normalized spacial score (nSPS) is 11.7. The number of aryl methyl sites for hydroxylation is 1. The summed E-state index contributed by atoms with van der Waals surface area (Å²) in [4.78, 5) is 27.4.